The van der Waals surface area contributed by atoms with Crippen LogP contribution in [0, 0.1) is 0 Å². The van der Waals surface area contributed by atoms with Gasteiger partial charge >= 0.3 is 6.18 Å². The molecule has 0 aromatic heterocycles. The van der Waals surface area contributed by atoms with Gasteiger partial charge in [0, 0.05) is 24.2 Å². The summed E-state index contributed by atoms with van der Waals surface area (Å²) >= 11 is 0. The first-order valence-electron chi connectivity index (χ1n) is 10.1. The van der Waals surface area contributed by atoms with Crippen molar-refractivity contribution in [1.29, 1.82) is 0 Å². The Morgan fingerprint density at radius 2 is 1.68 bits per heavy atom. The Labute approximate surface area is 180 Å². The number of rotatable bonds is 5. The highest BCUT2D eigenvalue weighted by atomic mass is 32.2. The van der Waals surface area contributed by atoms with Gasteiger partial charge in [-0.15, -0.1) is 0 Å². The Bertz CT molecular complexity index is 1030. The number of alkyl halides is 3. The van der Waals surface area contributed by atoms with Crippen molar-refractivity contribution in [3.8, 4) is 0 Å². The van der Waals surface area contributed by atoms with Gasteiger partial charge in [-0.1, -0.05) is 18.2 Å². The molecule has 9 heteroatoms. The molecule has 5 nitrogen and oxygen atoms in total. The molecule has 2 unspecified atom stereocenters. The highest BCUT2D eigenvalue weighted by Gasteiger charge is 2.32. The number of hydrogen-bond donors (Lipinski definition) is 1. The summed E-state index contributed by atoms with van der Waals surface area (Å²) < 4.78 is 65.6. The van der Waals surface area contributed by atoms with E-state index in [4.69, 9.17) is 0 Å². The van der Waals surface area contributed by atoms with Crippen LogP contribution in [0.3, 0.4) is 0 Å². The summed E-state index contributed by atoms with van der Waals surface area (Å²) in [5, 5.41) is 0. The number of benzene rings is 2. The number of hydrogen-bond acceptors (Lipinski definition) is 3. The number of piperidine rings is 1. The van der Waals surface area contributed by atoms with Crippen LogP contribution in [0.4, 0.5) is 13.2 Å². The lowest BCUT2D eigenvalue weighted by Gasteiger charge is -2.39. The van der Waals surface area contributed by atoms with Gasteiger partial charge in [0.2, 0.25) is 10.0 Å². The highest BCUT2D eigenvalue weighted by molar-refractivity contribution is 7.89. The number of nitrogens with one attached hydrogen (secondary N) is 1. The van der Waals surface area contributed by atoms with E-state index in [1.807, 2.05) is 18.7 Å². The lowest BCUT2D eigenvalue weighted by atomic mass is 9.96. The number of sulfonamides is 1. The lowest BCUT2D eigenvalue weighted by molar-refractivity contribution is -0.137. The SMILES string of the molecule is CC1CCCC(C)N1C(=O)c1ccc(CNS(=O)(=O)c2cccc(C(F)(F)F)c2)cc1. The molecule has 168 valence electrons. The minimum atomic E-state index is -4.63. The Balaban J connectivity index is 1.68. The predicted octanol–water partition coefficient (Wildman–Crippen LogP) is 4.59. The number of likely N-dealkylation sites (tertiary alicyclic amines) is 1. The average Bonchev–Trinajstić information content (AvgIpc) is 2.72. The van der Waals surface area contributed by atoms with Gasteiger partial charge in [-0.25, -0.2) is 13.1 Å². The summed E-state index contributed by atoms with van der Waals surface area (Å²) in [5.74, 6) is -0.0594. The molecule has 1 aliphatic heterocycles. The minimum absolute atomic E-state index is 0.0594. The van der Waals surface area contributed by atoms with Gasteiger partial charge in [0.25, 0.3) is 5.91 Å². The van der Waals surface area contributed by atoms with Crippen molar-refractivity contribution < 1.29 is 26.4 Å². The zero-order valence-corrected chi connectivity index (χ0v) is 18.1. The molecule has 2 atom stereocenters. The first kappa shape index (κ1) is 23.3. The van der Waals surface area contributed by atoms with Crippen LogP contribution in [0.5, 0.6) is 0 Å². The van der Waals surface area contributed by atoms with E-state index >= 15 is 0 Å². The molecule has 0 aliphatic carbocycles. The number of halogens is 3. The van der Waals surface area contributed by atoms with Gasteiger partial charge in [0.1, 0.15) is 0 Å². The van der Waals surface area contributed by atoms with Gasteiger partial charge in [0.05, 0.1) is 10.5 Å². The van der Waals surface area contributed by atoms with Crippen LogP contribution in [-0.2, 0) is 22.7 Å². The minimum Gasteiger partial charge on any atom is -0.333 e. The molecule has 0 saturated carbocycles. The van der Waals surface area contributed by atoms with Crippen molar-refractivity contribution >= 4 is 15.9 Å². The molecule has 3 rings (SSSR count). The second-order valence-electron chi connectivity index (χ2n) is 7.89. The molecule has 1 saturated heterocycles. The molecule has 2 aromatic rings. The van der Waals surface area contributed by atoms with Crippen molar-refractivity contribution in [2.75, 3.05) is 0 Å². The molecule has 0 bridgehead atoms. The van der Waals surface area contributed by atoms with Crippen molar-refractivity contribution in [3.05, 3.63) is 65.2 Å². The number of carbonyl (C=O) groups is 1. The summed E-state index contributed by atoms with van der Waals surface area (Å²) in [4.78, 5) is 14.3. The Hall–Kier alpha value is -2.39. The van der Waals surface area contributed by atoms with E-state index in [9.17, 15) is 26.4 Å². The van der Waals surface area contributed by atoms with Crippen molar-refractivity contribution in [2.24, 2.45) is 0 Å². The Morgan fingerprint density at radius 1 is 1.06 bits per heavy atom. The van der Waals surface area contributed by atoms with Gasteiger partial charge < -0.3 is 4.90 Å². The second-order valence-corrected chi connectivity index (χ2v) is 9.66. The largest absolute Gasteiger partial charge is 0.416 e. The fraction of sp³-hybridized carbons (Fsp3) is 0.409. The van der Waals surface area contributed by atoms with Crippen LogP contribution in [0.1, 0.15) is 54.6 Å². The summed E-state index contributed by atoms with van der Waals surface area (Å²) in [5.41, 5.74) is 0.0799. The zero-order chi connectivity index (χ0) is 22.8. The van der Waals surface area contributed by atoms with E-state index < -0.39 is 26.7 Å². The average molecular weight is 455 g/mol. The molecule has 0 radical (unpaired) electrons. The maximum atomic E-state index is 12.9. The van der Waals surface area contributed by atoms with E-state index in [0.717, 1.165) is 37.5 Å². The van der Waals surface area contributed by atoms with Crippen LogP contribution < -0.4 is 4.72 Å². The predicted molar refractivity (Wildman–Crippen MR) is 111 cm³/mol. The first-order chi connectivity index (χ1) is 14.5. The van der Waals surface area contributed by atoms with Gasteiger partial charge in [0.15, 0.2) is 0 Å². The maximum Gasteiger partial charge on any atom is 0.416 e. The van der Waals surface area contributed by atoms with E-state index in [0.29, 0.717) is 17.2 Å². The lowest BCUT2D eigenvalue weighted by Crippen LogP contribution is -2.47. The van der Waals surface area contributed by atoms with Crippen LogP contribution in [0.15, 0.2) is 53.4 Å². The zero-order valence-electron chi connectivity index (χ0n) is 17.3. The maximum absolute atomic E-state index is 12.9. The van der Waals surface area contributed by atoms with E-state index in [1.165, 1.54) is 0 Å². The second kappa shape index (κ2) is 9.00. The molecular formula is C22H25F3N2O3S. The van der Waals surface area contributed by atoms with E-state index in [-0.39, 0.29) is 24.5 Å². The van der Waals surface area contributed by atoms with Gasteiger partial charge in [-0.05, 0) is 69.0 Å². The third-order valence-corrected chi connectivity index (χ3v) is 6.97. The van der Waals surface area contributed by atoms with E-state index in [1.54, 1.807) is 24.3 Å². The molecular weight excluding hydrogens is 429 g/mol. The fourth-order valence-electron chi connectivity index (χ4n) is 3.84. The normalized spacial score (nSPS) is 20.0. The fourth-order valence-corrected chi connectivity index (χ4v) is 4.90. The van der Waals surface area contributed by atoms with Crippen LogP contribution in [0.2, 0.25) is 0 Å². The number of nitrogens with zero attached hydrogens (tertiary/aromatic N) is 1. The molecule has 0 spiro atoms. The first-order valence-corrected chi connectivity index (χ1v) is 11.6. The van der Waals surface area contributed by atoms with Crippen molar-refractivity contribution in [3.63, 3.8) is 0 Å². The summed E-state index contributed by atoms with van der Waals surface area (Å²) in [7, 11) is -4.12. The number of carbonyl (C=O) groups excluding carboxylic acids is 1. The van der Waals surface area contributed by atoms with Gasteiger partial charge in [-0.3, -0.25) is 4.79 Å². The Morgan fingerprint density at radius 3 is 2.26 bits per heavy atom. The molecule has 2 aromatic carbocycles. The summed E-state index contributed by atoms with van der Waals surface area (Å²) in [6, 6.07) is 10.5. The third kappa shape index (κ3) is 5.46. The van der Waals surface area contributed by atoms with Crippen LogP contribution >= 0.6 is 0 Å². The smallest absolute Gasteiger partial charge is 0.333 e. The van der Waals surface area contributed by atoms with Crippen LogP contribution in [-0.4, -0.2) is 31.3 Å². The molecule has 1 aliphatic rings. The molecule has 1 heterocycles. The standard InChI is InChI=1S/C22H25F3N2O3S/c1-15-5-3-6-16(2)27(15)21(28)18-11-9-17(10-12-18)14-26-31(29,30)20-8-4-7-19(13-20)22(23,24)25/h4,7-13,15-16,26H,3,5-6,14H2,1-2H3. The third-order valence-electron chi connectivity index (χ3n) is 5.57. The topological polar surface area (TPSA) is 66.5 Å². The molecule has 1 amide bonds. The highest BCUT2D eigenvalue weighted by Crippen LogP contribution is 2.30. The van der Waals surface area contributed by atoms with Crippen molar-refractivity contribution in [1.82, 2.24) is 9.62 Å². The number of amides is 1. The Kier molecular flexibility index (Phi) is 6.76. The monoisotopic (exact) mass is 454 g/mol. The van der Waals surface area contributed by atoms with Crippen molar-refractivity contribution in [2.45, 2.75) is 62.8 Å². The molecule has 1 N–H and O–H groups in total. The van der Waals surface area contributed by atoms with Crippen LogP contribution in [0.25, 0.3) is 0 Å². The van der Waals surface area contributed by atoms with E-state index in [2.05, 4.69) is 4.72 Å². The van der Waals surface area contributed by atoms with Gasteiger partial charge in [-0.2, -0.15) is 13.2 Å². The summed E-state index contributed by atoms with van der Waals surface area (Å²) in [6.07, 6.45) is -1.61. The summed E-state index contributed by atoms with van der Waals surface area (Å²) in [6.45, 7) is 3.96. The quantitative estimate of drug-likeness (QED) is 0.719. The molecule has 31 heavy (non-hydrogen) atoms. The molecule has 1 fully saturated rings.